The van der Waals surface area contributed by atoms with Crippen LogP contribution in [0, 0.1) is 5.92 Å². The van der Waals surface area contributed by atoms with Crippen molar-refractivity contribution in [1.82, 2.24) is 5.32 Å². The molecular weight excluding hydrogens is 262 g/mol. The maximum Gasteiger partial charge on any atom is 0.0939 e. The Morgan fingerprint density at radius 2 is 2.00 bits per heavy atom. The van der Waals surface area contributed by atoms with Crippen molar-refractivity contribution in [1.29, 1.82) is 0 Å². The van der Waals surface area contributed by atoms with Gasteiger partial charge in [0, 0.05) is 25.7 Å². The molecule has 2 aliphatic heterocycles. The molecule has 0 amide bonds. The molecule has 21 heavy (non-hydrogen) atoms. The van der Waals surface area contributed by atoms with E-state index in [1.165, 1.54) is 51.4 Å². The second-order valence-electron chi connectivity index (χ2n) is 6.95. The lowest BCUT2D eigenvalue weighted by molar-refractivity contribution is -0.103. The molecule has 2 rings (SSSR count). The fourth-order valence-electron chi connectivity index (χ4n) is 4.01. The van der Waals surface area contributed by atoms with Crippen LogP contribution >= 0.6 is 0 Å². The highest BCUT2D eigenvalue weighted by atomic mass is 16.6. The molecule has 0 radical (unpaired) electrons. The summed E-state index contributed by atoms with van der Waals surface area (Å²) in [5, 5.41) is 3.75. The molecule has 3 atom stereocenters. The van der Waals surface area contributed by atoms with Crippen molar-refractivity contribution in [3.8, 4) is 0 Å². The van der Waals surface area contributed by atoms with E-state index >= 15 is 0 Å². The van der Waals surface area contributed by atoms with E-state index in [1.807, 2.05) is 0 Å². The van der Waals surface area contributed by atoms with Crippen molar-refractivity contribution in [2.45, 2.75) is 83.3 Å². The summed E-state index contributed by atoms with van der Waals surface area (Å²) in [5.74, 6) is 0.770. The first kappa shape index (κ1) is 17.2. The summed E-state index contributed by atoms with van der Waals surface area (Å²) < 4.78 is 11.7. The van der Waals surface area contributed by atoms with Gasteiger partial charge >= 0.3 is 0 Å². The van der Waals surface area contributed by atoms with Gasteiger partial charge < -0.3 is 14.8 Å². The molecule has 1 N–H and O–H groups in total. The molecule has 0 aromatic heterocycles. The number of hydrogen-bond donors (Lipinski definition) is 1. The Bertz CT molecular complexity index is 276. The minimum Gasteiger partial charge on any atom is -0.378 e. The largest absolute Gasteiger partial charge is 0.378 e. The van der Waals surface area contributed by atoms with Crippen LogP contribution in [0.1, 0.15) is 71.6 Å². The number of hydrogen-bond acceptors (Lipinski definition) is 3. The van der Waals surface area contributed by atoms with Gasteiger partial charge in [0.2, 0.25) is 0 Å². The van der Waals surface area contributed by atoms with E-state index in [0.717, 1.165) is 38.7 Å². The zero-order valence-electron chi connectivity index (χ0n) is 14.2. The lowest BCUT2D eigenvalue weighted by Crippen LogP contribution is -2.47. The number of unbranched alkanes of at least 4 members (excludes halogenated alkanes) is 4. The topological polar surface area (TPSA) is 30.5 Å². The first-order valence-electron chi connectivity index (χ1n) is 9.25. The summed E-state index contributed by atoms with van der Waals surface area (Å²) in [5.41, 5.74) is 0.0544. The van der Waals surface area contributed by atoms with Gasteiger partial charge in [-0.05, 0) is 31.7 Å². The van der Waals surface area contributed by atoms with Gasteiger partial charge in [-0.15, -0.1) is 0 Å². The molecule has 2 saturated heterocycles. The Morgan fingerprint density at radius 3 is 2.71 bits per heavy atom. The summed E-state index contributed by atoms with van der Waals surface area (Å²) in [6.45, 7) is 8.23. The summed E-state index contributed by atoms with van der Waals surface area (Å²) in [6.07, 6.45) is 11.7. The molecule has 3 nitrogen and oxygen atoms in total. The molecule has 2 aliphatic rings. The fourth-order valence-corrected chi connectivity index (χ4v) is 4.01. The lowest BCUT2D eigenvalue weighted by Gasteiger charge is -2.40. The van der Waals surface area contributed by atoms with Crippen LogP contribution in [-0.2, 0) is 9.47 Å². The van der Waals surface area contributed by atoms with Crippen LogP contribution in [0.15, 0.2) is 0 Å². The minimum atomic E-state index is 0.0544. The third-order valence-corrected chi connectivity index (χ3v) is 5.25. The normalized spacial score (nSPS) is 30.9. The van der Waals surface area contributed by atoms with Gasteiger partial charge in [0.25, 0.3) is 0 Å². The third kappa shape index (κ3) is 5.22. The summed E-state index contributed by atoms with van der Waals surface area (Å²) in [4.78, 5) is 0. The number of rotatable bonds is 9. The van der Waals surface area contributed by atoms with Crippen LogP contribution in [0.5, 0.6) is 0 Å². The van der Waals surface area contributed by atoms with Gasteiger partial charge in [-0.3, -0.25) is 0 Å². The number of nitrogens with one attached hydrogen (secondary N) is 1. The molecule has 3 unspecified atom stereocenters. The SMILES string of the molecule is CCCCCCCC(NCC)C1CCOC2(CCOC2)C1. The van der Waals surface area contributed by atoms with Gasteiger partial charge in [-0.2, -0.15) is 0 Å². The predicted octanol–water partition coefficient (Wildman–Crippen LogP) is 3.91. The summed E-state index contributed by atoms with van der Waals surface area (Å²) >= 11 is 0. The van der Waals surface area contributed by atoms with E-state index in [-0.39, 0.29) is 5.60 Å². The average molecular weight is 297 g/mol. The van der Waals surface area contributed by atoms with E-state index in [1.54, 1.807) is 0 Å². The van der Waals surface area contributed by atoms with Crippen molar-refractivity contribution >= 4 is 0 Å². The zero-order chi connectivity index (χ0) is 15.0. The van der Waals surface area contributed by atoms with Gasteiger partial charge in [0.15, 0.2) is 0 Å². The monoisotopic (exact) mass is 297 g/mol. The van der Waals surface area contributed by atoms with E-state index in [9.17, 15) is 0 Å². The maximum absolute atomic E-state index is 6.09. The highest BCUT2D eigenvalue weighted by Gasteiger charge is 2.42. The Morgan fingerprint density at radius 1 is 1.14 bits per heavy atom. The van der Waals surface area contributed by atoms with Gasteiger partial charge in [-0.1, -0.05) is 46.0 Å². The molecule has 0 bridgehead atoms. The summed E-state index contributed by atoms with van der Waals surface area (Å²) in [6, 6.07) is 0.679. The molecule has 2 heterocycles. The third-order valence-electron chi connectivity index (χ3n) is 5.25. The van der Waals surface area contributed by atoms with E-state index in [4.69, 9.17) is 9.47 Å². The van der Waals surface area contributed by atoms with Gasteiger partial charge in [0.05, 0.1) is 12.2 Å². The first-order chi connectivity index (χ1) is 10.3. The van der Waals surface area contributed by atoms with Crippen LogP contribution in [0.3, 0.4) is 0 Å². The smallest absolute Gasteiger partial charge is 0.0939 e. The molecule has 0 aliphatic carbocycles. The molecule has 0 saturated carbocycles. The van der Waals surface area contributed by atoms with Crippen molar-refractivity contribution < 1.29 is 9.47 Å². The Labute approximate surface area is 131 Å². The van der Waals surface area contributed by atoms with Crippen molar-refractivity contribution in [2.24, 2.45) is 5.92 Å². The van der Waals surface area contributed by atoms with Crippen molar-refractivity contribution in [2.75, 3.05) is 26.4 Å². The number of ether oxygens (including phenoxy) is 2. The van der Waals surface area contributed by atoms with Crippen LogP contribution in [0.4, 0.5) is 0 Å². The predicted molar refractivity (Wildman–Crippen MR) is 87.7 cm³/mol. The highest BCUT2D eigenvalue weighted by molar-refractivity contribution is 4.93. The standard InChI is InChI=1S/C18H35NO2/c1-3-5-6-7-8-9-17(19-4-2)16-10-12-21-18(14-16)11-13-20-15-18/h16-17,19H,3-15H2,1-2H3. The van der Waals surface area contributed by atoms with Crippen LogP contribution in [-0.4, -0.2) is 38.0 Å². The molecule has 0 aromatic rings. The Balaban J connectivity index is 1.79. The lowest BCUT2D eigenvalue weighted by atomic mass is 9.79. The van der Waals surface area contributed by atoms with E-state index in [2.05, 4.69) is 19.2 Å². The Hall–Kier alpha value is -0.120. The molecule has 1 spiro atoms. The molecule has 124 valence electrons. The van der Waals surface area contributed by atoms with E-state index < -0.39 is 0 Å². The molecule has 0 aromatic carbocycles. The first-order valence-corrected chi connectivity index (χ1v) is 9.25. The zero-order valence-corrected chi connectivity index (χ0v) is 14.2. The van der Waals surface area contributed by atoms with E-state index in [0.29, 0.717) is 6.04 Å². The maximum atomic E-state index is 6.09. The van der Waals surface area contributed by atoms with Crippen LogP contribution < -0.4 is 5.32 Å². The molecule has 2 fully saturated rings. The van der Waals surface area contributed by atoms with Gasteiger partial charge in [0.1, 0.15) is 0 Å². The summed E-state index contributed by atoms with van der Waals surface area (Å²) in [7, 11) is 0. The molecule has 3 heteroatoms. The van der Waals surface area contributed by atoms with Crippen molar-refractivity contribution in [3.63, 3.8) is 0 Å². The highest BCUT2D eigenvalue weighted by Crippen LogP contribution is 2.37. The second-order valence-corrected chi connectivity index (χ2v) is 6.95. The minimum absolute atomic E-state index is 0.0544. The fraction of sp³-hybridized carbons (Fsp3) is 1.00. The molecular formula is C18H35NO2. The Kier molecular flexibility index (Phi) is 7.48. The van der Waals surface area contributed by atoms with Crippen LogP contribution in [0.25, 0.3) is 0 Å². The van der Waals surface area contributed by atoms with Gasteiger partial charge in [-0.25, -0.2) is 0 Å². The quantitative estimate of drug-likeness (QED) is 0.655. The van der Waals surface area contributed by atoms with Crippen LogP contribution in [0.2, 0.25) is 0 Å². The average Bonchev–Trinajstić information content (AvgIpc) is 2.94. The van der Waals surface area contributed by atoms with Crippen molar-refractivity contribution in [3.05, 3.63) is 0 Å². The second kappa shape index (κ2) is 9.12.